The number of ether oxygens (including phenoxy) is 2. The third-order valence-electron chi connectivity index (χ3n) is 4.31. The number of halogens is 2. The van der Waals surface area contributed by atoms with Crippen LogP contribution >= 0.6 is 23.2 Å². The summed E-state index contributed by atoms with van der Waals surface area (Å²) < 4.78 is 11.4. The van der Waals surface area contributed by atoms with E-state index in [0.717, 1.165) is 5.56 Å². The van der Waals surface area contributed by atoms with Crippen LogP contribution in [0.4, 0.5) is 5.69 Å². The highest BCUT2D eigenvalue weighted by Gasteiger charge is 2.15. The van der Waals surface area contributed by atoms with E-state index in [1.165, 1.54) is 13.2 Å². The van der Waals surface area contributed by atoms with Gasteiger partial charge in [0, 0.05) is 26.9 Å². The Morgan fingerprint density at radius 3 is 2.55 bits per heavy atom. The largest absolute Gasteiger partial charge is 0.493 e. The number of hydrogen-bond donors (Lipinski definition) is 1. The van der Waals surface area contributed by atoms with Crippen LogP contribution in [0.3, 0.4) is 0 Å². The molecule has 0 fully saturated rings. The van der Waals surface area contributed by atoms with Crippen LogP contribution < -0.4 is 14.8 Å². The summed E-state index contributed by atoms with van der Waals surface area (Å²) in [5, 5.41) is 13.2. The molecule has 0 radical (unpaired) electrons. The zero-order valence-corrected chi connectivity index (χ0v) is 18.1. The summed E-state index contributed by atoms with van der Waals surface area (Å²) in [6.07, 6.45) is 1.46. The molecule has 7 heteroatoms. The number of hydrogen-bond acceptors (Lipinski definition) is 4. The average molecular weight is 453 g/mol. The molecule has 0 saturated heterocycles. The van der Waals surface area contributed by atoms with E-state index in [0.29, 0.717) is 32.8 Å². The topological polar surface area (TPSA) is 71.3 Å². The fourth-order valence-electron chi connectivity index (χ4n) is 2.77. The quantitative estimate of drug-likeness (QED) is 0.345. The van der Waals surface area contributed by atoms with Crippen molar-refractivity contribution in [2.75, 3.05) is 12.4 Å². The molecule has 156 valence electrons. The fraction of sp³-hybridized carbons (Fsp3) is 0.0833. The highest BCUT2D eigenvalue weighted by atomic mass is 35.5. The van der Waals surface area contributed by atoms with Gasteiger partial charge in [0.15, 0.2) is 11.5 Å². The van der Waals surface area contributed by atoms with E-state index in [1.54, 1.807) is 60.7 Å². The third kappa shape index (κ3) is 5.79. The molecule has 3 rings (SSSR count). The molecule has 0 saturated carbocycles. The summed E-state index contributed by atoms with van der Waals surface area (Å²) >= 11 is 12.2. The second kappa shape index (κ2) is 10.5. The molecule has 0 aliphatic heterocycles. The number of nitriles is 1. The van der Waals surface area contributed by atoms with Crippen LogP contribution in [0.1, 0.15) is 11.1 Å². The molecule has 5 nitrogen and oxygen atoms in total. The van der Waals surface area contributed by atoms with Gasteiger partial charge in [0.2, 0.25) is 0 Å². The number of amides is 1. The van der Waals surface area contributed by atoms with E-state index in [-0.39, 0.29) is 12.2 Å². The van der Waals surface area contributed by atoms with Gasteiger partial charge in [-0.3, -0.25) is 4.79 Å². The summed E-state index contributed by atoms with van der Waals surface area (Å²) in [5.74, 6) is 0.319. The van der Waals surface area contributed by atoms with Crippen LogP contribution in [-0.2, 0) is 11.4 Å². The number of benzene rings is 3. The lowest BCUT2D eigenvalue weighted by Gasteiger charge is -2.14. The van der Waals surface area contributed by atoms with E-state index in [2.05, 4.69) is 5.32 Å². The van der Waals surface area contributed by atoms with E-state index in [9.17, 15) is 10.1 Å². The van der Waals surface area contributed by atoms with Crippen molar-refractivity contribution < 1.29 is 14.3 Å². The summed E-state index contributed by atoms with van der Waals surface area (Å²) in [4.78, 5) is 12.6. The number of carbonyl (C=O) groups excluding carboxylic acids is 1. The maximum atomic E-state index is 12.6. The predicted molar refractivity (Wildman–Crippen MR) is 122 cm³/mol. The van der Waals surface area contributed by atoms with Crippen molar-refractivity contribution in [2.45, 2.75) is 6.61 Å². The average Bonchev–Trinajstić information content (AvgIpc) is 2.77. The molecular formula is C24H18Cl2N2O3. The SMILES string of the molecule is COc1cccc(/C=C(\C#N)C(=O)Nc2ccccc2)c1OCc1ccc(Cl)cc1Cl. The smallest absolute Gasteiger partial charge is 0.266 e. The van der Waals surface area contributed by atoms with Gasteiger partial charge in [-0.1, -0.05) is 59.6 Å². The van der Waals surface area contributed by atoms with Gasteiger partial charge in [-0.25, -0.2) is 0 Å². The number of nitrogens with one attached hydrogen (secondary N) is 1. The molecule has 0 unspecified atom stereocenters. The first-order chi connectivity index (χ1) is 15.0. The van der Waals surface area contributed by atoms with Crippen molar-refractivity contribution in [1.29, 1.82) is 5.26 Å². The van der Waals surface area contributed by atoms with E-state index >= 15 is 0 Å². The lowest BCUT2D eigenvalue weighted by atomic mass is 10.1. The molecule has 0 atom stereocenters. The normalized spacial score (nSPS) is 10.8. The summed E-state index contributed by atoms with van der Waals surface area (Å²) in [7, 11) is 1.51. The maximum Gasteiger partial charge on any atom is 0.266 e. The minimum atomic E-state index is -0.525. The Bertz CT molecular complexity index is 1160. The second-order valence-corrected chi connectivity index (χ2v) is 7.24. The van der Waals surface area contributed by atoms with Crippen molar-refractivity contribution in [3.8, 4) is 17.6 Å². The molecule has 31 heavy (non-hydrogen) atoms. The minimum absolute atomic E-state index is 0.0773. The number of anilines is 1. The van der Waals surface area contributed by atoms with Gasteiger partial charge in [0.05, 0.1) is 7.11 Å². The van der Waals surface area contributed by atoms with Gasteiger partial charge in [-0.05, 0) is 36.4 Å². The van der Waals surface area contributed by atoms with Gasteiger partial charge in [-0.2, -0.15) is 5.26 Å². The van der Waals surface area contributed by atoms with Crippen LogP contribution in [0.15, 0.2) is 72.3 Å². The van der Waals surface area contributed by atoms with Crippen molar-refractivity contribution in [2.24, 2.45) is 0 Å². The molecule has 0 bridgehead atoms. The number of para-hydroxylation sites is 2. The van der Waals surface area contributed by atoms with Crippen molar-refractivity contribution in [3.05, 3.63) is 93.5 Å². The maximum absolute atomic E-state index is 12.6. The fourth-order valence-corrected chi connectivity index (χ4v) is 3.24. The van der Waals surface area contributed by atoms with Crippen molar-refractivity contribution in [3.63, 3.8) is 0 Å². The molecule has 0 aliphatic carbocycles. The van der Waals surface area contributed by atoms with E-state index in [1.807, 2.05) is 12.1 Å². The Balaban J connectivity index is 1.89. The Hall–Kier alpha value is -3.46. The molecule has 1 N–H and O–H groups in total. The van der Waals surface area contributed by atoms with Crippen molar-refractivity contribution >= 4 is 40.9 Å². The highest BCUT2D eigenvalue weighted by molar-refractivity contribution is 6.35. The van der Waals surface area contributed by atoms with Crippen LogP contribution in [0.5, 0.6) is 11.5 Å². The van der Waals surface area contributed by atoms with E-state index in [4.69, 9.17) is 32.7 Å². The minimum Gasteiger partial charge on any atom is -0.493 e. The Morgan fingerprint density at radius 2 is 1.87 bits per heavy atom. The van der Waals surface area contributed by atoms with Gasteiger partial charge in [-0.15, -0.1) is 0 Å². The number of carbonyl (C=O) groups is 1. The molecule has 0 aromatic heterocycles. The monoisotopic (exact) mass is 452 g/mol. The van der Waals surface area contributed by atoms with Crippen LogP contribution in [-0.4, -0.2) is 13.0 Å². The lowest BCUT2D eigenvalue weighted by molar-refractivity contribution is -0.112. The standard InChI is InChI=1S/C24H18Cl2N2O3/c1-30-22-9-5-6-16(23(22)31-15-17-10-11-19(25)13-21(17)26)12-18(14-27)24(29)28-20-7-3-2-4-8-20/h2-13H,15H2,1H3,(H,28,29)/b18-12+. The summed E-state index contributed by atoms with van der Waals surface area (Å²) in [6.45, 7) is 0.148. The summed E-state index contributed by atoms with van der Waals surface area (Å²) in [6, 6.07) is 21.2. The van der Waals surface area contributed by atoms with Gasteiger partial charge in [0.25, 0.3) is 5.91 Å². The van der Waals surface area contributed by atoms with Gasteiger partial charge < -0.3 is 14.8 Å². The molecule has 1 amide bonds. The number of methoxy groups -OCH3 is 1. The number of nitrogens with zero attached hydrogens (tertiary/aromatic N) is 1. The zero-order chi connectivity index (χ0) is 22.2. The van der Waals surface area contributed by atoms with E-state index < -0.39 is 5.91 Å². The van der Waals surface area contributed by atoms with Crippen LogP contribution in [0.25, 0.3) is 6.08 Å². The number of rotatable bonds is 7. The molecule has 0 heterocycles. The Labute approximate surface area is 190 Å². The Kier molecular flexibility index (Phi) is 7.55. The first-order valence-electron chi connectivity index (χ1n) is 9.23. The molecule has 0 spiro atoms. The third-order valence-corrected chi connectivity index (χ3v) is 4.90. The molecule has 3 aromatic rings. The summed E-state index contributed by atoms with van der Waals surface area (Å²) in [5.41, 5.74) is 1.76. The second-order valence-electron chi connectivity index (χ2n) is 6.39. The zero-order valence-electron chi connectivity index (χ0n) is 16.6. The predicted octanol–water partition coefficient (Wildman–Crippen LogP) is 6.13. The van der Waals surface area contributed by atoms with Crippen molar-refractivity contribution in [1.82, 2.24) is 0 Å². The van der Waals surface area contributed by atoms with Gasteiger partial charge in [0.1, 0.15) is 18.2 Å². The highest BCUT2D eigenvalue weighted by Crippen LogP contribution is 2.34. The molecular weight excluding hydrogens is 435 g/mol. The van der Waals surface area contributed by atoms with Crippen LogP contribution in [0.2, 0.25) is 10.0 Å². The first kappa shape index (κ1) is 22.2. The first-order valence-corrected chi connectivity index (χ1v) is 9.99. The Morgan fingerprint density at radius 1 is 1.10 bits per heavy atom. The molecule has 3 aromatic carbocycles. The lowest BCUT2D eigenvalue weighted by Crippen LogP contribution is -2.13. The molecule has 0 aliphatic rings. The van der Waals surface area contributed by atoms with Crippen LogP contribution in [0, 0.1) is 11.3 Å². The van der Waals surface area contributed by atoms with Gasteiger partial charge >= 0.3 is 0 Å².